The second-order valence-corrected chi connectivity index (χ2v) is 8.64. The number of carbonyl (C=O) groups is 1. The number of thioether (sulfide) groups is 1. The highest BCUT2D eigenvalue weighted by molar-refractivity contribution is 7.99. The van der Waals surface area contributed by atoms with Crippen molar-refractivity contribution in [1.82, 2.24) is 9.38 Å². The van der Waals surface area contributed by atoms with Crippen molar-refractivity contribution in [2.45, 2.75) is 31.3 Å². The number of imidazole rings is 1. The number of benzene rings is 2. The van der Waals surface area contributed by atoms with Crippen LogP contribution in [0, 0.1) is 18.3 Å². The Labute approximate surface area is 178 Å². The number of aromatic nitrogens is 2. The van der Waals surface area contributed by atoms with Gasteiger partial charge in [0.1, 0.15) is 6.07 Å². The van der Waals surface area contributed by atoms with E-state index < -0.39 is 0 Å². The number of nitrogens with zero attached hydrogens (tertiary/aromatic N) is 4. The molecule has 0 radical (unpaired) electrons. The van der Waals surface area contributed by atoms with Crippen LogP contribution in [0.15, 0.2) is 59.6 Å². The number of hydrogen-bond donors (Lipinski definition) is 0. The molecule has 1 atom stereocenters. The van der Waals surface area contributed by atoms with Crippen molar-refractivity contribution >= 4 is 40.0 Å². The van der Waals surface area contributed by atoms with Crippen LogP contribution >= 0.6 is 11.8 Å². The Kier molecular flexibility index (Phi) is 4.48. The molecule has 0 aliphatic carbocycles. The minimum Gasteiger partial charge on any atom is -0.308 e. The molecular weight excluding hydrogens is 392 g/mol. The van der Waals surface area contributed by atoms with Gasteiger partial charge in [-0.25, -0.2) is 4.98 Å². The summed E-state index contributed by atoms with van der Waals surface area (Å²) in [5.74, 6) is 0.419. The fourth-order valence-corrected chi connectivity index (χ4v) is 5.29. The Bertz CT molecular complexity index is 1350. The summed E-state index contributed by atoms with van der Waals surface area (Å²) in [6.45, 7) is 4.01. The number of anilines is 1. The molecule has 1 aliphatic heterocycles. The van der Waals surface area contributed by atoms with Crippen LogP contribution < -0.4 is 4.90 Å². The van der Waals surface area contributed by atoms with Crippen molar-refractivity contribution in [1.29, 1.82) is 5.26 Å². The maximum atomic E-state index is 13.2. The van der Waals surface area contributed by atoms with Crippen LogP contribution in [0.4, 0.5) is 5.69 Å². The third-order valence-corrected chi connectivity index (χ3v) is 6.66. The first-order valence-corrected chi connectivity index (χ1v) is 10.9. The molecule has 0 saturated carbocycles. The van der Waals surface area contributed by atoms with E-state index in [4.69, 9.17) is 0 Å². The summed E-state index contributed by atoms with van der Waals surface area (Å²) < 4.78 is 2.00. The number of pyridine rings is 1. The topological polar surface area (TPSA) is 61.4 Å². The van der Waals surface area contributed by atoms with Crippen molar-refractivity contribution in [3.8, 4) is 6.07 Å². The Morgan fingerprint density at radius 2 is 2.00 bits per heavy atom. The lowest BCUT2D eigenvalue weighted by Gasteiger charge is -2.22. The van der Waals surface area contributed by atoms with Gasteiger partial charge < -0.3 is 4.90 Å². The molecule has 2 aromatic carbocycles. The van der Waals surface area contributed by atoms with Crippen molar-refractivity contribution in [2.24, 2.45) is 0 Å². The number of carbonyl (C=O) groups excluding carboxylic acids is 1. The Balaban J connectivity index is 1.52. The largest absolute Gasteiger partial charge is 0.308 e. The summed E-state index contributed by atoms with van der Waals surface area (Å²) in [4.78, 5) is 19.8. The molecule has 6 heteroatoms. The number of nitriles is 1. The fourth-order valence-electron chi connectivity index (χ4n) is 4.31. The van der Waals surface area contributed by atoms with Crippen LogP contribution in [-0.2, 0) is 11.2 Å². The van der Waals surface area contributed by atoms with Crippen LogP contribution in [0.5, 0.6) is 0 Å². The SMILES string of the molecule is Cc1cc(SCC(=O)N2c3ccccc3C[C@H]2C)n2c(nc3ccccc32)c1C#N. The van der Waals surface area contributed by atoms with Gasteiger partial charge in [-0.2, -0.15) is 5.26 Å². The van der Waals surface area contributed by atoms with Crippen LogP contribution in [0.25, 0.3) is 16.7 Å². The number of rotatable bonds is 3. The highest BCUT2D eigenvalue weighted by Crippen LogP contribution is 2.34. The Morgan fingerprint density at radius 1 is 1.23 bits per heavy atom. The molecule has 1 amide bonds. The molecule has 1 aliphatic rings. The predicted octanol–water partition coefficient (Wildman–Crippen LogP) is 4.74. The lowest BCUT2D eigenvalue weighted by molar-refractivity contribution is -0.116. The van der Waals surface area contributed by atoms with E-state index >= 15 is 0 Å². The normalized spacial score (nSPS) is 15.5. The summed E-state index contributed by atoms with van der Waals surface area (Å²) in [7, 11) is 0. The third-order valence-electron chi connectivity index (χ3n) is 5.67. The molecule has 0 saturated heterocycles. The van der Waals surface area contributed by atoms with Gasteiger partial charge in [-0.1, -0.05) is 42.1 Å². The van der Waals surface area contributed by atoms with E-state index in [1.165, 1.54) is 17.3 Å². The van der Waals surface area contributed by atoms with E-state index in [-0.39, 0.29) is 11.9 Å². The van der Waals surface area contributed by atoms with Gasteiger partial charge in [0.15, 0.2) is 5.65 Å². The second-order valence-electron chi connectivity index (χ2n) is 7.65. The van der Waals surface area contributed by atoms with Gasteiger partial charge in [-0.15, -0.1) is 0 Å². The van der Waals surface area contributed by atoms with Gasteiger partial charge in [0.2, 0.25) is 5.91 Å². The van der Waals surface area contributed by atoms with E-state index in [9.17, 15) is 10.1 Å². The molecule has 2 aromatic heterocycles. The lowest BCUT2D eigenvalue weighted by atomic mass is 10.1. The van der Waals surface area contributed by atoms with Crippen LogP contribution in [0.1, 0.15) is 23.6 Å². The molecule has 0 bridgehead atoms. The van der Waals surface area contributed by atoms with Gasteiger partial charge in [0.25, 0.3) is 0 Å². The number of para-hydroxylation sites is 3. The van der Waals surface area contributed by atoms with E-state index in [0.717, 1.165) is 33.7 Å². The maximum absolute atomic E-state index is 13.2. The molecule has 5 rings (SSSR count). The summed E-state index contributed by atoms with van der Waals surface area (Å²) in [6.07, 6.45) is 0.888. The third kappa shape index (κ3) is 2.86. The molecule has 148 valence electrons. The van der Waals surface area contributed by atoms with Crippen LogP contribution in [0.3, 0.4) is 0 Å². The van der Waals surface area contributed by atoms with Gasteiger partial charge >= 0.3 is 0 Å². The number of amides is 1. The smallest absolute Gasteiger partial charge is 0.237 e. The average Bonchev–Trinajstić information content (AvgIpc) is 3.29. The van der Waals surface area contributed by atoms with Gasteiger partial charge in [-0.05, 0) is 55.7 Å². The molecule has 30 heavy (non-hydrogen) atoms. The molecule has 0 spiro atoms. The first-order valence-electron chi connectivity index (χ1n) is 9.92. The highest BCUT2D eigenvalue weighted by Gasteiger charge is 2.30. The molecular formula is C24H20N4OS. The zero-order valence-electron chi connectivity index (χ0n) is 16.8. The molecule has 5 nitrogen and oxygen atoms in total. The van der Waals surface area contributed by atoms with Crippen LogP contribution in [0.2, 0.25) is 0 Å². The molecule has 4 aromatic rings. The summed E-state index contributed by atoms with van der Waals surface area (Å²) in [5.41, 5.74) is 6.12. The predicted molar refractivity (Wildman–Crippen MR) is 120 cm³/mol. The lowest BCUT2D eigenvalue weighted by Crippen LogP contribution is -2.37. The minimum absolute atomic E-state index is 0.0945. The zero-order valence-corrected chi connectivity index (χ0v) is 17.6. The quantitative estimate of drug-likeness (QED) is 0.456. The van der Waals surface area contributed by atoms with E-state index in [1.54, 1.807) is 0 Å². The minimum atomic E-state index is 0.0945. The maximum Gasteiger partial charge on any atom is 0.237 e. The van der Waals surface area contributed by atoms with E-state index in [1.807, 2.05) is 64.8 Å². The highest BCUT2D eigenvalue weighted by atomic mass is 32.2. The monoisotopic (exact) mass is 412 g/mol. The number of fused-ring (bicyclic) bond motifs is 4. The van der Waals surface area contributed by atoms with Crippen molar-refractivity contribution in [3.63, 3.8) is 0 Å². The molecule has 0 N–H and O–H groups in total. The Morgan fingerprint density at radius 3 is 2.83 bits per heavy atom. The van der Waals surface area contributed by atoms with E-state index in [0.29, 0.717) is 17.0 Å². The molecule has 0 unspecified atom stereocenters. The first kappa shape index (κ1) is 18.7. The van der Waals surface area contributed by atoms with Gasteiger partial charge in [0.05, 0.1) is 27.4 Å². The summed E-state index contributed by atoms with van der Waals surface area (Å²) >= 11 is 1.50. The number of hydrogen-bond acceptors (Lipinski definition) is 4. The molecule has 3 heterocycles. The van der Waals surface area contributed by atoms with Gasteiger partial charge in [0, 0.05) is 11.7 Å². The average molecular weight is 413 g/mol. The summed E-state index contributed by atoms with van der Waals surface area (Å²) in [6, 6.07) is 20.4. The second kappa shape index (κ2) is 7.19. The van der Waals surface area contributed by atoms with Gasteiger partial charge in [-0.3, -0.25) is 9.20 Å². The zero-order chi connectivity index (χ0) is 20.8. The van der Waals surface area contributed by atoms with Crippen LogP contribution in [-0.4, -0.2) is 27.1 Å². The van der Waals surface area contributed by atoms with Crippen molar-refractivity contribution in [2.75, 3.05) is 10.7 Å². The van der Waals surface area contributed by atoms with Crippen molar-refractivity contribution < 1.29 is 4.79 Å². The summed E-state index contributed by atoms with van der Waals surface area (Å²) in [5, 5.41) is 10.6. The number of aryl methyl sites for hydroxylation is 1. The first-order chi connectivity index (χ1) is 14.6. The fraction of sp³-hybridized carbons (Fsp3) is 0.208. The van der Waals surface area contributed by atoms with E-state index in [2.05, 4.69) is 24.0 Å². The standard InChI is InChI=1S/C24H20N4OS/c1-15-11-23(28-21-10-6-4-8-19(21)26-24(28)18(15)13-25)30-14-22(29)27-16(2)12-17-7-3-5-9-20(17)27/h3-11,16H,12,14H2,1-2H3/t16-/m1/s1. The van der Waals surface area contributed by atoms with Crippen molar-refractivity contribution in [3.05, 3.63) is 71.3 Å². The Hall–Kier alpha value is -3.30. The molecule has 0 fully saturated rings.